The van der Waals surface area contributed by atoms with Gasteiger partial charge in [0.1, 0.15) is 0 Å². The van der Waals surface area contributed by atoms with Gasteiger partial charge >= 0.3 is 0 Å². The second-order valence-corrected chi connectivity index (χ2v) is 1.25. The lowest BCUT2D eigenvalue weighted by Crippen LogP contribution is -1.99. The van der Waals surface area contributed by atoms with Gasteiger partial charge in [0, 0.05) is 11.4 Å². The van der Waals surface area contributed by atoms with Crippen molar-refractivity contribution in [2.75, 3.05) is 0 Å². The monoisotopic (exact) mass is 144 g/mol. The Morgan fingerprint density at radius 3 is 0.800 bits per heavy atom. The summed E-state index contributed by atoms with van der Waals surface area (Å²) in [5.74, 6) is 0. The molecule has 0 aromatic carbocycles. The third-order valence-electron chi connectivity index (χ3n) is 0.562. The molecule has 0 amide bonds. The molecule has 10 heavy (non-hydrogen) atoms. The predicted octanol–water partition coefficient (Wildman–Crippen LogP) is 3.12. The van der Waals surface area contributed by atoms with E-state index in [0.717, 1.165) is 0 Å². The lowest BCUT2D eigenvalue weighted by Gasteiger charge is -1.83. The Morgan fingerprint density at radius 2 is 0.800 bits per heavy atom. The highest BCUT2D eigenvalue weighted by Crippen LogP contribution is 1.69. The van der Waals surface area contributed by atoms with E-state index in [9.17, 15) is 0 Å². The number of nitrogens with one attached hydrogen (secondary N) is 2. The van der Waals surface area contributed by atoms with Crippen LogP contribution in [-0.2, 0) is 0 Å². The fourth-order valence-electron chi connectivity index (χ4n) is 0. The molecule has 0 aliphatic carbocycles. The maximum Gasteiger partial charge on any atom is 0.0487 e. The van der Waals surface area contributed by atoms with Gasteiger partial charge in [0.25, 0.3) is 0 Å². The van der Waals surface area contributed by atoms with Crippen LogP contribution in [0.5, 0.6) is 0 Å². The molecular weight excluding hydrogens is 124 g/mol. The zero-order valence-corrected chi connectivity index (χ0v) is 8.00. The highest BCUT2D eigenvalue weighted by Gasteiger charge is 1.83. The van der Waals surface area contributed by atoms with E-state index in [4.69, 9.17) is 10.8 Å². The summed E-state index contributed by atoms with van der Waals surface area (Å²) in [6, 6.07) is 0. The minimum absolute atomic E-state index is 0.343. The van der Waals surface area contributed by atoms with Crippen LogP contribution in [0.3, 0.4) is 0 Å². The molecule has 0 unspecified atom stereocenters. The van der Waals surface area contributed by atoms with E-state index < -0.39 is 0 Å². The molecule has 0 bridgehead atoms. The van der Waals surface area contributed by atoms with Crippen molar-refractivity contribution >= 4 is 11.4 Å². The van der Waals surface area contributed by atoms with Crippen LogP contribution in [-0.4, -0.2) is 11.4 Å². The van der Waals surface area contributed by atoms with Crippen molar-refractivity contribution in [3.63, 3.8) is 0 Å². The molecular formula is C8H20N2. The molecule has 0 aromatic rings. The molecule has 0 heterocycles. The Hall–Kier alpha value is -0.660. The van der Waals surface area contributed by atoms with Crippen molar-refractivity contribution in [3.05, 3.63) is 0 Å². The molecule has 62 valence electrons. The fourth-order valence-corrected chi connectivity index (χ4v) is 0. The molecule has 0 rings (SSSR count). The third kappa shape index (κ3) is 26.4. The second kappa shape index (κ2) is 15.8. The van der Waals surface area contributed by atoms with E-state index in [1.54, 1.807) is 13.8 Å². The average molecular weight is 144 g/mol. The highest BCUT2D eigenvalue weighted by molar-refractivity contribution is 6.37. The third-order valence-corrected chi connectivity index (χ3v) is 0.562. The van der Waals surface area contributed by atoms with Gasteiger partial charge < -0.3 is 10.8 Å². The zero-order chi connectivity index (χ0) is 9.15. The molecule has 0 radical (unpaired) electrons. The summed E-state index contributed by atoms with van der Waals surface area (Å²) in [6.07, 6.45) is 0. The van der Waals surface area contributed by atoms with Crippen LogP contribution in [0, 0.1) is 10.8 Å². The van der Waals surface area contributed by atoms with Crippen molar-refractivity contribution in [1.29, 1.82) is 10.8 Å². The molecule has 0 aliphatic rings. The van der Waals surface area contributed by atoms with Gasteiger partial charge in [0.2, 0.25) is 0 Å². The van der Waals surface area contributed by atoms with Gasteiger partial charge in [-0.2, -0.15) is 0 Å². The molecule has 0 atom stereocenters. The largest absolute Gasteiger partial charge is 0.304 e. The SMILES string of the molecule is CC.CC.CC(=N)C(C)=N. The van der Waals surface area contributed by atoms with Crippen molar-refractivity contribution < 1.29 is 0 Å². The lowest BCUT2D eigenvalue weighted by molar-refractivity contribution is 1.45. The Bertz CT molecular complexity index is 73.3. The van der Waals surface area contributed by atoms with Crippen molar-refractivity contribution in [3.8, 4) is 0 Å². The Labute approximate surface area is 64.7 Å². The summed E-state index contributed by atoms with van der Waals surface area (Å²) < 4.78 is 0. The van der Waals surface area contributed by atoms with Crippen molar-refractivity contribution in [2.45, 2.75) is 41.5 Å². The van der Waals surface area contributed by atoms with Gasteiger partial charge in [0.05, 0.1) is 0 Å². The first-order valence-corrected chi connectivity index (χ1v) is 3.75. The molecule has 2 nitrogen and oxygen atoms in total. The summed E-state index contributed by atoms with van der Waals surface area (Å²) in [6.45, 7) is 11.2. The maximum absolute atomic E-state index is 6.72. The van der Waals surface area contributed by atoms with Gasteiger partial charge in [-0.3, -0.25) is 0 Å². The van der Waals surface area contributed by atoms with Gasteiger partial charge in [-0.15, -0.1) is 0 Å². The quantitative estimate of drug-likeness (QED) is 0.531. The van der Waals surface area contributed by atoms with Crippen molar-refractivity contribution in [2.24, 2.45) is 0 Å². The molecule has 0 saturated heterocycles. The number of rotatable bonds is 1. The van der Waals surface area contributed by atoms with Crippen LogP contribution < -0.4 is 0 Å². The van der Waals surface area contributed by atoms with Crippen molar-refractivity contribution in [1.82, 2.24) is 0 Å². The fraction of sp³-hybridized carbons (Fsp3) is 0.750. The minimum Gasteiger partial charge on any atom is -0.304 e. The minimum atomic E-state index is 0.343. The molecule has 2 heteroatoms. The van der Waals surface area contributed by atoms with Gasteiger partial charge in [0.15, 0.2) is 0 Å². The van der Waals surface area contributed by atoms with E-state index in [-0.39, 0.29) is 0 Å². The first-order chi connectivity index (χ1) is 4.64. The summed E-state index contributed by atoms with van der Waals surface area (Å²) in [4.78, 5) is 0. The van der Waals surface area contributed by atoms with Gasteiger partial charge in [-0.05, 0) is 13.8 Å². The highest BCUT2D eigenvalue weighted by atomic mass is 14.5. The van der Waals surface area contributed by atoms with Gasteiger partial charge in [-0.25, -0.2) is 0 Å². The summed E-state index contributed by atoms with van der Waals surface area (Å²) in [5.41, 5.74) is 0.685. The van der Waals surface area contributed by atoms with Crippen LogP contribution in [0.25, 0.3) is 0 Å². The molecule has 0 saturated carbocycles. The average Bonchev–Trinajstić information content (AvgIpc) is 1.96. The number of hydrogen-bond acceptors (Lipinski definition) is 2. The van der Waals surface area contributed by atoms with Crippen LogP contribution >= 0.6 is 0 Å². The summed E-state index contributed by atoms with van der Waals surface area (Å²) in [5, 5.41) is 13.4. The lowest BCUT2D eigenvalue weighted by atomic mass is 10.3. The van der Waals surface area contributed by atoms with E-state index in [2.05, 4.69) is 0 Å². The molecule has 0 spiro atoms. The number of hydrogen-bond donors (Lipinski definition) is 2. The second-order valence-electron chi connectivity index (χ2n) is 1.25. The van der Waals surface area contributed by atoms with E-state index in [1.165, 1.54) is 0 Å². The molecule has 0 fully saturated rings. The Balaban J connectivity index is -0.000000105. The Morgan fingerprint density at radius 1 is 0.700 bits per heavy atom. The summed E-state index contributed by atoms with van der Waals surface area (Å²) >= 11 is 0. The standard InChI is InChI=1S/C4H8N2.2C2H6/c1-3(5)4(2)6;2*1-2/h5-6H,1-2H3;2*1-2H3. The molecule has 0 aliphatic heterocycles. The van der Waals surface area contributed by atoms with Gasteiger partial charge in [-0.1, -0.05) is 27.7 Å². The maximum atomic E-state index is 6.72. The van der Waals surface area contributed by atoms with E-state index in [1.807, 2.05) is 27.7 Å². The van der Waals surface area contributed by atoms with Crippen LogP contribution in [0.4, 0.5) is 0 Å². The first kappa shape index (κ1) is 16.2. The molecule has 0 aromatic heterocycles. The normalized spacial score (nSPS) is 5.80. The predicted molar refractivity (Wildman–Crippen MR) is 49.5 cm³/mol. The topological polar surface area (TPSA) is 47.7 Å². The van der Waals surface area contributed by atoms with E-state index >= 15 is 0 Å². The van der Waals surface area contributed by atoms with Crippen LogP contribution in [0.15, 0.2) is 0 Å². The first-order valence-electron chi connectivity index (χ1n) is 3.75. The smallest absolute Gasteiger partial charge is 0.0487 e. The Kier molecular flexibility index (Phi) is 25.5. The zero-order valence-electron chi connectivity index (χ0n) is 8.00. The molecule has 2 N–H and O–H groups in total. The van der Waals surface area contributed by atoms with E-state index in [0.29, 0.717) is 11.4 Å². The van der Waals surface area contributed by atoms with Crippen LogP contribution in [0.1, 0.15) is 41.5 Å². The summed E-state index contributed by atoms with van der Waals surface area (Å²) in [7, 11) is 0. The van der Waals surface area contributed by atoms with Crippen LogP contribution in [0.2, 0.25) is 0 Å².